The molecule has 254 valence electrons. The van der Waals surface area contributed by atoms with Crippen LogP contribution in [-0.4, -0.2) is 57.9 Å². The van der Waals surface area contributed by atoms with E-state index in [9.17, 15) is 30.1 Å². The predicted octanol–water partition coefficient (Wildman–Crippen LogP) is 6.28. The first kappa shape index (κ1) is 33.5. The zero-order chi connectivity index (χ0) is 35.6. The zero-order valence-corrected chi connectivity index (χ0v) is 28.5. The monoisotopic (exact) mass is 667 g/mol. The lowest BCUT2D eigenvalue weighted by atomic mass is 9.71. The molecule has 2 unspecified atom stereocenters. The first-order valence-electron chi connectivity index (χ1n) is 16.0. The number of carbonyl (C=O) groups excluding carboxylic acids is 1. The van der Waals surface area contributed by atoms with E-state index in [-0.39, 0.29) is 17.9 Å². The lowest BCUT2D eigenvalue weighted by molar-refractivity contribution is -0.455. The molecule has 0 saturated heterocycles. The molecule has 3 aliphatic rings. The number of ether oxygens (including phenoxy) is 2. The zero-order valence-electron chi connectivity index (χ0n) is 28.5. The number of hydrogen-bond acceptors (Lipinski definition) is 9. The van der Waals surface area contributed by atoms with Crippen LogP contribution in [0.4, 0.5) is 22.7 Å². The number of nitro benzene ring substituents is 2. The van der Waals surface area contributed by atoms with Gasteiger partial charge < -0.3 is 19.5 Å². The first-order valence-corrected chi connectivity index (χ1v) is 16.0. The summed E-state index contributed by atoms with van der Waals surface area (Å²) < 4.78 is 12.9. The minimum Gasteiger partial charge on any atom is -0.497 e. The molecular formula is C37H39N4O8+. The lowest BCUT2D eigenvalue weighted by Crippen LogP contribution is -2.46. The number of non-ortho nitro benzene ring substituents is 2. The van der Waals surface area contributed by atoms with Crippen LogP contribution in [-0.2, 0) is 22.2 Å². The van der Waals surface area contributed by atoms with E-state index >= 15 is 0 Å². The number of rotatable bonds is 9. The fraction of sp³-hybridized carbons (Fsp3) is 0.351. The van der Waals surface area contributed by atoms with E-state index in [0.717, 1.165) is 40.0 Å². The van der Waals surface area contributed by atoms with Gasteiger partial charge in [-0.25, -0.2) is 0 Å². The topological polar surface area (TPSA) is 148 Å². The molecule has 2 atom stereocenters. The van der Waals surface area contributed by atoms with Gasteiger partial charge in [0.25, 0.3) is 11.4 Å². The van der Waals surface area contributed by atoms with Crippen molar-refractivity contribution in [3.8, 4) is 11.5 Å². The number of aliphatic hydroxyl groups excluding tert-OH is 1. The van der Waals surface area contributed by atoms with E-state index in [1.165, 1.54) is 12.1 Å². The largest absolute Gasteiger partial charge is 0.497 e. The van der Waals surface area contributed by atoms with Crippen LogP contribution in [0.5, 0.6) is 11.5 Å². The van der Waals surface area contributed by atoms with Crippen molar-refractivity contribution in [2.24, 2.45) is 5.92 Å². The second-order valence-corrected chi connectivity index (χ2v) is 13.6. The Balaban J connectivity index is 1.42. The van der Waals surface area contributed by atoms with Crippen molar-refractivity contribution in [1.29, 1.82) is 0 Å². The SMILES string of the molecule is CCN1C(=CC2C(=O)C(=CC3=[N+](Cc4cc([N+](=O)[O-])cc([N+](=O)[O-])c4)c4ccc(OC)cc4C3(C)C)C2O)C(C)(C)c2cc(OC)ccc21. The van der Waals surface area contributed by atoms with E-state index in [1.807, 2.05) is 61.8 Å². The molecule has 12 nitrogen and oxygen atoms in total. The number of likely N-dealkylation sites (N-methyl/N-ethyl adjacent to an activating group) is 1. The Hall–Kier alpha value is -5.36. The van der Waals surface area contributed by atoms with Gasteiger partial charge in [0.2, 0.25) is 5.69 Å². The van der Waals surface area contributed by atoms with Crippen LogP contribution in [0.25, 0.3) is 0 Å². The maximum Gasteiger partial charge on any atom is 0.276 e. The van der Waals surface area contributed by atoms with Crippen LogP contribution >= 0.6 is 0 Å². The highest BCUT2D eigenvalue weighted by Gasteiger charge is 2.50. The summed E-state index contributed by atoms with van der Waals surface area (Å²) in [4.78, 5) is 38.1. The molecular weight excluding hydrogens is 628 g/mol. The molecule has 3 aromatic rings. The van der Waals surface area contributed by atoms with Gasteiger partial charge in [-0.05, 0) is 56.7 Å². The van der Waals surface area contributed by atoms with E-state index in [2.05, 4.69) is 18.7 Å². The molecule has 0 aromatic heterocycles. The van der Waals surface area contributed by atoms with Crippen molar-refractivity contribution in [3.05, 3.63) is 115 Å². The minimum atomic E-state index is -1.07. The number of nitro groups is 2. The molecule has 0 radical (unpaired) electrons. The van der Waals surface area contributed by atoms with Crippen LogP contribution in [0.2, 0.25) is 0 Å². The van der Waals surface area contributed by atoms with Crippen LogP contribution < -0.4 is 14.4 Å². The molecule has 0 amide bonds. The molecule has 0 bridgehead atoms. The highest BCUT2D eigenvalue weighted by atomic mass is 16.6. The lowest BCUT2D eigenvalue weighted by Gasteiger charge is -2.35. The van der Waals surface area contributed by atoms with E-state index in [1.54, 1.807) is 26.4 Å². The van der Waals surface area contributed by atoms with E-state index in [4.69, 9.17) is 9.47 Å². The Bertz CT molecular complexity index is 1990. The standard InChI is InChI=1S/C37H39N4O8/c1-8-38-30-11-9-24(48-6)16-28(30)36(2,3)32(38)18-26-34(42)27(35(26)43)19-33-37(4,5)29-17-25(49-7)10-12-31(29)39(33)20-21-13-22(40(44)45)15-23(14-21)41(46)47/h9-19,26,34,42H,8,20H2,1-7H3/q+1. The predicted molar refractivity (Wildman–Crippen MR) is 184 cm³/mol. The number of aliphatic hydroxyl groups is 1. The highest BCUT2D eigenvalue weighted by molar-refractivity contribution is 6.14. The Kier molecular flexibility index (Phi) is 8.18. The Labute approximate surface area is 283 Å². The van der Waals surface area contributed by atoms with E-state index in [0.29, 0.717) is 23.6 Å². The maximum absolute atomic E-state index is 13.9. The van der Waals surface area contributed by atoms with Crippen molar-refractivity contribution in [3.63, 3.8) is 0 Å². The molecule has 1 fully saturated rings. The number of hydrogen-bond donors (Lipinski definition) is 1. The van der Waals surface area contributed by atoms with Gasteiger partial charge in [0.15, 0.2) is 18.0 Å². The number of methoxy groups -OCH3 is 2. The highest BCUT2D eigenvalue weighted by Crippen LogP contribution is 2.50. The number of benzene rings is 3. The third-order valence-electron chi connectivity index (χ3n) is 10.1. The smallest absolute Gasteiger partial charge is 0.276 e. The van der Waals surface area contributed by atoms with Crippen molar-refractivity contribution in [2.75, 3.05) is 25.7 Å². The molecule has 12 heteroatoms. The Morgan fingerprint density at radius 3 is 2.04 bits per heavy atom. The Morgan fingerprint density at radius 1 is 0.898 bits per heavy atom. The molecule has 3 aromatic carbocycles. The van der Waals surface area contributed by atoms with Crippen LogP contribution in [0.3, 0.4) is 0 Å². The third-order valence-corrected chi connectivity index (χ3v) is 10.1. The Morgan fingerprint density at radius 2 is 1.49 bits per heavy atom. The number of nitrogens with zero attached hydrogens (tertiary/aromatic N) is 4. The third kappa shape index (κ3) is 5.36. The maximum atomic E-state index is 13.9. The van der Waals surface area contributed by atoms with Crippen LogP contribution in [0.15, 0.2) is 78.0 Å². The van der Waals surface area contributed by atoms with Crippen molar-refractivity contribution in [2.45, 2.75) is 58.1 Å². The normalized spacial score (nSPS) is 21.9. The summed E-state index contributed by atoms with van der Waals surface area (Å²) in [6.45, 7) is 10.9. The van der Waals surface area contributed by atoms with Crippen molar-refractivity contribution in [1.82, 2.24) is 0 Å². The summed E-state index contributed by atoms with van der Waals surface area (Å²) in [5, 5.41) is 34.9. The molecule has 49 heavy (non-hydrogen) atoms. The van der Waals surface area contributed by atoms with Gasteiger partial charge in [0, 0.05) is 64.3 Å². The number of allylic oxidation sites excluding steroid dienone is 2. The van der Waals surface area contributed by atoms with Gasteiger partial charge in [-0.3, -0.25) is 25.0 Å². The second kappa shape index (κ2) is 12.0. The van der Waals surface area contributed by atoms with Gasteiger partial charge in [0.1, 0.15) is 11.5 Å². The molecule has 1 N–H and O–H groups in total. The first-order chi connectivity index (χ1) is 23.1. The number of carbonyl (C=O) groups is 1. The number of Topliss-reactive ketones (excluding diaryl/α,β-unsaturated/α-hetero) is 1. The average Bonchev–Trinajstić information content (AvgIpc) is 3.42. The van der Waals surface area contributed by atoms with Crippen LogP contribution in [0.1, 0.15) is 51.3 Å². The molecule has 6 rings (SSSR count). The van der Waals surface area contributed by atoms with Crippen molar-refractivity contribution < 1.29 is 33.8 Å². The molecule has 2 heterocycles. The second-order valence-electron chi connectivity index (χ2n) is 13.6. The van der Waals surface area contributed by atoms with Gasteiger partial charge in [-0.2, -0.15) is 4.58 Å². The molecule has 2 aliphatic heterocycles. The summed E-state index contributed by atoms with van der Waals surface area (Å²) in [7, 11) is 3.19. The summed E-state index contributed by atoms with van der Waals surface area (Å²) in [5.41, 5.74) is 3.99. The number of anilines is 1. The number of ketones is 1. The van der Waals surface area contributed by atoms with Crippen molar-refractivity contribution >= 4 is 34.2 Å². The van der Waals surface area contributed by atoms with E-state index < -0.39 is 44.1 Å². The molecule has 0 spiro atoms. The quantitative estimate of drug-likeness (QED) is 0.120. The summed E-state index contributed by atoms with van der Waals surface area (Å²) >= 11 is 0. The minimum absolute atomic E-state index is 0.0452. The number of fused-ring (bicyclic) bond motifs is 2. The molecule has 1 aliphatic carbocycles. The van der Waals surface area contributed by atoms with Crippen LogP contribution in [0, 0.1) is 26.1 Å². The van der Waals surface area contributed by atoms with Gasteiger partial charge >= 0.3 is 0 Å². The summed E-state index contributed by atoms with van der Waals surface area (Å²) in [6.07, 6.45) is 2.51. The van der Waals surface area contributed by atoms with Gasteiger partial charge in [-0.1, -0.05) is 19.9 Å². The average molecular weight is 668 g/mol. The van der Waals surface area contributed by atoms with Gasteiger partial charge in [-0.15, -0.1) is 0 Å². The molecule has 1 saturated carbocycles. The van der Waals surface area contributed by atoms with Gasteiger partial charge in [0.05, 0.1) is 47.6 Å². The fourth-order valence-electron chi connectivity index (χ4n) is 7.39. The summed E-state index contributed by atoms with van der Waals surface area (Å²) in [6, 6.07) is 15.0. The summed E-state index contributed by atoms with van der Waals surface area (Å²) in [5.74, 6) is 0.402. The fourth-order valence-corrected chi connectivity index (χ4v) is 7.39.